The van der Waals surface area contributed by atoms with Crippen molar-refractivity contribution < 1.29 is 14.4 Å². The molecule has 0 saturated carbocycles. The summed E-state index contributed by atoms with van der Waals surface area (Å²) in [5.74, 6) is -0.945. The third-order valence-corrected chi connectivity index (χ3v) is 5.53. The van der Waals surface area contributed by atoms with E-state index in [1.807, 2.05) is 53.4 Å². The number of para-hydroxylation sites is 1. The summed E-state index contributed by atoms with van der Waals surface area (Å²) in [6, 6.07) is 18.2. The van der Waals surface area contributed by atoms with Crippen LogP contribution in [0.25, 0.3) is 11.8 Å². The molecule has 2 aromatic carbocycles. The number of halogens is 1. The minimum atomic E-state index is -0.483. The second-order valence-electron chi connectivity index (χ2n) is 6.51. The second kappa shape index (κ2) is 8.61. The van der Waals surface area contributed by atoms with Crippen LogP contribution in [0.5, 0.6) is 0 Å². The van der Waals surface area contributed by atoms with E-state index >= 15 is 0 Å². The predicted octanol–water partition coefficient (Wildman–Crippen LogP) is 4.81. The minimum absolute atomic E-state index is 0.283. The summed E-state index contributed by atoms with van der Waals surface area (Å²) in [5, 5.41) is 2.72. The molecule has 0 atom stereocenters. The van der Waals surface area contributed by atoms with E-state index in [-0.39, 0.29) is 11.4 Å². The Morgan fingerprint density at radius 1 is 1.03 bits per heavy atom. The zero-order chi connectivity index (χ0) is 21.1. The summed E-state index contributed by atoms with van der Waals surface area (Å²) in [5.41, 5.74) is 2.31. The van der Waals surface area contributed by atoms with Gasteiger partial charge in [-0.2, -0.15) is 0 Å². The largest absolute Gasteiger partial charge is 0.325 e. The van der Waals surface area contributed by atoms with Gasteiger partial charge in [0.15, 0.2) is 0 Å². The highest BCUT2D eigenvalue weighted by Crippen LogP contribution is 2.32. The Kier molecular flexibility index (Phi) is 5.74. The quantitative estimate of drug-likeness (QED) is 0.581. The van der Waals surface area contributed by atoms with E-state index in [2.05, 4.69) is 5.32 Å². The lowest BCUT2D eigenvalue weighted by Crippen LogP contribution is -2.36. The number of anilines is 1. The lowest BCUT2D eigenvalue weighted by atomic mass is 10.3. The fourth-order valence-corrected chi connectivity index (χ4v) is 3.89. The first-order valence-electron chi connectivity index (χ1n) is 9.04. The number of nitrogens with zero attached hydrogens (tertiary/aromatic N) is 2. The van der Waals surface area contributed by atoms with Crippen LogP contribution in [0.2, 0.25) is 5.02 Å². The average Bonchev–Trinajstić information content (AvgIpc) is 3.31. The van der Waals surface area contributed by atoms with Gasteiger partial charge in [-0.3, -0.25) is 19.3 Å². The number of nitrogens with one attached hydrogen (secondary N) is 1. The van der Waals surface area contributed by atoms with Gasteiger partial charge < -0.3 is 9.88 Å². The molecule has 2 heterocycles. The third-order valence-electron chi connectivity index (χ3n) is 4.37. The van der Waals surface area contributed by atoms with Gasteiger partial charge in [0.05, 0.1) is 4.91 Å². The highest BCUT2D eigenvalue weighted by atomic mass is 35.5. The number of aromatic nitrogens is 1. The summed E-state index contributed by atoms with van der Waals surface area (Å²) in [4.78, 5) is 38.4. The van der Waals surface area contributed by atoms with Crippen LogP contribution in [-0.2, 0) is 9.59 Å². The number of carbonyl (C=O) groups is 3. The lowest BCUT2D eigenvalue weighted by molar-refractivity contribution is -0.127. The highest BCUT2D eigenvalue weighted by Gasteiger charge is 2.36. The Balaban J connectivity index is 1.44. The van der Waals surface area contributed by atoms with Gasteiger partial charge in [0, 0.05) is 28.8 Å². The van der Waals surface area contributed by atoms with Crippen molar-refractivity contribution in [3.8, 4) is 5.69 Å². The number of amides is 3. The number of hydrogen-bond donors (Lipinski definition) is 1. The van der Waals surface area contributed by atoms with Crippen molar-refractivity contribution in [1.29, 1.82) is 0 Å². The van der Waals surface area contributed by atoms with E-state index in [1.165, 1.54) is 0 Å². The molecule has 1 N–H and O–H groups in total. The van der Waals surface area contributed by atoms with Gasteiger partial charge in [-0.1, -0.05) is 29.8 Å². The van der Waals surface area contributed by atoms with Crippen LogP contribution in [0, 0.1) is 0 Å². The van der Waals surface area contributed by atoms with Crippen molar-refractivity contribution in [2.24, 2.45) is 0 Å². The number of rotatable bonds is 5. The van der Waals surface area contributed by atoms with Crippen LogP contribution in [-0.4, -0.2) is 33.1 Å². The zero-order valence-corrected chi connectivity index (χ0v) is 17.2. The summed E-state index contributed by atoms with van der Waals surface area (Å²) < 4.78 is 1.93. The molecular formula is C22H16ClN3O3S. The van der Waals surface area contributed by atoms with Crippen LogP contribution in [0.4, 0.5) is 10.5 Å². The number of benzene rings is 2. The first-order chi connectivity index (χ1) is 14.5. The first-order valence-corrected chi connectivity index (χ1v) is 10.2. The molecule has 0 radical (unpaired) electrons. The summed E-state index contributed by atoms with van der Waals surface area (Å²) in [6.07, 6.45) is 5.41. The van der Waals surface area contributed by atoms with Crippen molar-refractivity contribution in [2.45, 2.75) is 0 Å². The third kappa shape index (κ3) is 4.48. The summed E-state index contributed by atoms with van der Waals surface area (Å²) in [7, 11) is 0. The van der Waals surface area contributed by atoms with Crippen molar-refractivity contribution >= 4 is 52.2 Å². The normalized spacial score (nSPS) is 15.1. The van der Waals surface area contributed by atoms with E-state index in [0.29, 0.717) is 10.7 Å². The van der Waals surface area contributed by atoms with Gasteiger partial charge in [0.25, 0.3) is 11.1 Å². The maximum Gasteiger partial charge on any atom is 0.294 e. The van der Waals surface area contributed by atoms with Gasteiger partial charge >= 0.3 is 0 Å². The molecule has 8 heteroatoms. The molecule has 4 rings (SSSR count). The fourth-order valence-electron chi connectivity index (χ4n) is 2.92. The lowest BCUT2D eigenvalue weighted by Gasteiger charge is -2.12. The maximum absolute atomic E-state index is 12.6. The molecule has 3 amide bonds. The molecule has 1 aromatic heterocycles. The van der Waals surface area contributed by atoms with E-state index in [0.717, 1.165) is 27.9 Å². The predicted molar refractivity (Wildman–Crippen MR) is 119 cm³/mol. The van der Waals surface area contributed by atoms with Crippen LogP contribution in [0.3, 0.4) is 0 Å². The number of imide groups is 1. The van der Waals surface area contributed by atoms with Crippen LogP contribution in [0.15, 0.2) is 78.0 Å². The van der Waals surface area contributed by atoms with Crippen molar-refractivity contribution in [1.82, 2.24) is 9.47 Å². The average molecular weight is 438 g/mol. The second-order valence-corrected chi connectivity index (χ2v) is 7.94. The molecule has 1 saturated heterocycles. The van der Waals surface area contributed by atoms with Crippen molar-refractivity contribution in [3.05, 3.63) is 88.5 Å². The Hall–Kier alpha value is -3.29. The molecule has 1 aliphatic rings. The fraction of sp³-hybridized carbons (Fsp3) is 0.0455. The van der Waals surface area contributed by atoms with Crippen molar-refractivity contribution in [2.75, 3.05) is 11.9 Å². The van der Waals surface area contributed by atoms with E-state index in [9.17, 15) is 14.4 Å². The number of hydrogen-bond acceptors (Lipinski definition) is 4. The first kappa shape index (κ1) is 20.0. The number of thioether (sulfide) groups is 1. The van der Waals surface area contributed by atoms with Crippen molar-refractivity contribution in [3.63, 3.8) is 0 Å². The highest BCUT2D eigenvalue weighted by molar-refractivity contribution is 8.18. The van der Waals surface area contributed by atoms with E-state index in [1.54, 1.807) is 30.3 Å². The Morgan fingerprint density at radius 2 is 1.77 bits per heavy atom. The minimum Gasteiger partial charge on any atom is -0.325 e. The van der Waals surface area contributed by atoms with Gasteiger partial charge in [-0.25, -0.2) is 0 Å². The molecule has 1 fully saturated rings. The summed E-state index contributed by atoms with van der Waals surface area (Å²) in [6.45, 7) is -0.352. The molecule has 1 aliphatic heterocycles. The van der Waals surface area contributed by atoms with Crippen LogP contribution in [0.1, 0.15) is 5.56 Å². The van der Waals surface area contributed by atoms with Gasteiger partial charge in [-0.15, -0.1) is 0 Å². The Bertz CT molecular complexity index is 1140. The molecule has 30 heavy (non-hydrogen) atoms. The zero-order valence-electron chi connectivity index (χ0n) is 15.6. The molecule has 0 aliphatic carbocycles. The summed E-state index contributed by atoms with van der Waals surface area (Å²) >= 11 is 6.65. The van der Waals surface area contributed by atoms with Gasteiger partial charge in [0.1, 0.15) is 6.54 Å². The molecule has 6 nitrogen and oxygen atoms in total. The molecular weight excluding hydrogens is 422 g/mol. The van der Waals surface area contributed by atoms with Gasteiger partial charge in [0.2, 0.25) is 5.91 Å². The molecule has 150 valence electrons. The van der Waals surface area contributed by atoms with Gasteiger partial charge in [-0.05, 0) is 65.9 Å². The Labute approximate surface area is 182 Å². The van der Waals surface area contributed by atoms with E-state index in [4.69, 9.17) is 11.6 Å². The molecule has 0 unspecified atom stereocenters. The molecule has 0 bridgehead atoms. The maximum atomic E-state index is 12.6. The van der Waals surface area contributed by atoms with E-state index < -0.39 is 17.1 Å². The number of carbonyl (C=O) groups excluding carboxylic acids is 3. The monoisotopic (exact) mass is 437 g/mol. The molecule has 3 aromatic rings. The smallest absolute Gasteiger partial charge is 0.294 e. The van der Waals surface area contributed by atoms with Crippen LogP contribution < -0.4 is 5.32 Å². The topological polar surface area (TPSA) is 71.4 Å². The van der Waals surface area contributed by atoms with Crippen LogP contribution >= 0.6 is 23.4 Å². The molecule has 0 spiro atoms. The Morgan fingerprint density at radius 3 is 2.50 bits per heavy atom. The SMILES string of the molecule is O=C(CN1C(=O)S/C(=C/c2ccn(-c3ccccc3)c2)C1=O)Nc1ccc(Cl)cc1. The standard InChI is InChI=1S/C22H16ClN3O3S/c23-16-6-8-17(9-7-16)24-20(27)14-26-21(28)19(30-22(26)29)12-15-10-11-25(13-15)18-4-2-1-3-5-18/h1-13H,14H2,(H,24,27)/b19-12+.